The fourth-order valence-corrected chi connectivity index (χ4v) is 9.96. The molecular formula is C67H116O16P2. The first-order valence-corrected chi connectivity index (χ1v) is 35.5. The summed E-state index contributed by atoms with van der Waals surface area (Å²) in [7, 11) is -9.77. The summed E-state index contributed by atoms with van der Waals surface area (Å²) in [5, 5.41) is 20.5. The van der Waals surface area contributed by atoms with E-state index in [4.69, 9.17) is 32.3 Å². The minimum Gasteiger partial charge on any atom is -0.463 e. The molecule has 0 saturated heterocycles. The summed E-state index contributed by atoms with van der Waals surface area (Å²) in [6.07, 6.45) is 64.7. The second-order valence-electron chi connectivity index (χ2n) is 21.5. The number of unbranched alkanes of at least 4 members (excludes halogenated alkanes) is 22. The zero-order valence-electron chi connectivity index (χ0n) is 52.8. The third-order valence-electron chi connectivity index (χ3n) is 13.3. The smallest absolute Gasteiger partial charge is 0.463 e. The molecule has 0 aromatic heterocycles. The van der Waals surface area contributed by atoms with Crippen molar-refractivity contribution in [2.75, 3.05) is 39.6 Å². The highest BCUT2D eigenvalue weighted by Crippen LogP contribution is 2.45. The maximum atomic E-state index is 12.9. The molecule has 0 amide bonds. The van der Waals surface area contributed by atoms with E-state index in [0.717, 1.165) is 154 Å². The molecule has 5 atom stereocenters. The molecule has 0 saturated carbocycles. The first-order chi connectivity index (χ1) is 41.2. The van der Waals surface area contributed by atoms with E-state index in [9.17, 15) is 43.5 Å². The largest absolute Gasteiger partial charge is 0.472 e. The molecule has 490 valence electrons. The number of aliphatic hydroxyl groups is 2. The third kappa shape index (κ3) is 61.9. The summed E-state index contributed by atoms with van der Waals surface area (Å²) >= 11 is 0. The second-order valence-corrected chi connectivity index (χ2v) is 24.4. The molecule has 0 aliphatic rings. The fraction of sp³-hybridized carbons (Fsp3) is 0.716. The monoisotopic (exact) mass is 1240 g/mol. The van der Waals surface area contributed by atoms with E-state index in [1.807, 2.05) is 0 Å². The van der Waals surface area contributed by atoms with Crippen LogP contribution in [0.1, 0.15) is 252 Å². The first-order valence-electron chi connectivity index (χ1n) is 32.5. The van der Waals surface area contributed by atoms with Crippen molar-refractivity contribution in [1.29, 1.82) is 0 Å². The molecule has 0 radical (unpaired) electrons. The minimum absolute atomic E-state index is 0.102. The molecule has 5 unspecified atom stereocenters. The molecule has 4 N–H and O–H groups in total. The van der Waals surface area contributed by atoms with Gasteiger partial charge in [0.25, 0.3) is 0 Å². The molecule has 0 aliphatic heterocycles. The summed E-state index contributed by atoms with van der Waals surface area (Å²) in [5.74, 6) is -1.60. The van der Waals surface area contributed by atoms with Crippen LogP contribution in [0.25, 0.3) is 0 Å². The molecule has 0 spiro atoms. The summed E-state index contributed by atoms with van der Waals surface area (Å²) in [6, 6.07) is 0. The topological polar surface area (TPSA) is 231 Å². The van der Waals surface area contributed by atoms with E-state index in [-0.39, 0.29) is 19.3 Å². The summed E-state index contributed by atoms with van der Waals surface area (Å²) in [4.78, 5) is 58.2. The Labute approximate surface area is 514 Å². The first kappa shape index (κ1) is 81.5. The van der Waals surface area contributed by atoms with Gasteiger partial charge in [-0.3, -0.25) is 32.5 Å². The van der Waals surface area contributed by atoms with E-state index < -0.39 is 91.5 Å². The number of rotatable bonds is 61. The number of allylic oxidation sites excluding steroid dienone is 16. The van der Waals surface area contributed by atoms with Crippen LogP contribution in [0, 0.1) is 0 Å². The molecule has 0 fully saturated rings. The number of esters is 3. The Morgan fingerprint density at radius 1 is 0.341 bits per heavy atom. The number of carbonyl (C=O) groups is 3. The quantitative estimate of drug-likeness (QED) is 0.0146. The predicted octanol–water partition coefficient (Wildman–Crippen LogP) is 17.5. The molecular weight excluding hydrogens is 1120 g/mol. The van der Waals surface area contributed by atoms with Crippen LogP contribution in [0.2, 0.25) is 0 Å². The van der Waals surface area contributed by atoms with Crippen molar-refractivity contribution < 1.29 is 75.8 Å². The van der Waals surface area contributed by atoms with Crippen molar-refractivity contribution >= 4 is 33.6 Å². The van der Waals surface area contributed by atoms with Gasteiger partial charge in [-0.1, -0.05) is 234 Å². The fourth-order valence-electron chi connectivity index (χ4n) is 8.38. The van der Waals surface area contributed by atoms with Gasteiger partial charge in [0.15, 0.2) is 6.10 Å². The van der Waals surface area contributed by atoms with Gasteiger partial charge in [-0.15, -0.1) is 0 Å². The van der Waals surface area contributed by atoms with E-state index in [1.165, 1.54) is 38.5 Å². The SMILES string of the molecule is CC/C=C\C/C=C\C/C=C\C/C=C\CCCCCCCCC(=O)OCC(O)COP(=O)(O)OCC(O)COP(=O)(O)OCC(COC(=O)CCCCCCCC/C=C\C/C=C\C/C=C\C/C=C\CC)OC(=O)CCCCCCCCCCCCC. The highest BCUT2D eigenvalue weighted by Gasteiger charge is 2.29. The lowest BCUT2D eigenvalue weighted by Gasteiger charge is -2.21. The normalized spacial score (nSPS) is 15.0. The molecule has 0 aliphatic carbocycles. The Bertz CT molecular complexity index is 1940. The molecule has 0 aromatic carbocycles. The van der Waals surface area contributed by atoms with Gasteiger partial charge in [0, 0.05) is 19.3 Å². The van der Waals surface area contributed by atoms with Crippen molar-refractivity contribution in [3.8, 4) is 0 Å². The predicted molar refractivity (Wildman–Crippen MR) is 344 cm³/mol. The van der Waals surface area contributed by atoms with Crippen molar-refractivity contribution in [2.24, 2.45) is 0 Å². The molecule has 16 nitrogen and oxygen atoms in total. The van der Waals surface area contributed by atoms with Gasteiger partial charge in [0.05, 0.1) is 26.4 Å². The van der Waals surface area contributed by atoms with Gasteiger partial charge in [0.2, 0.25) is 0 Å². The average Bonchev–Trinajstić information content (AvgIpc) is 3.60. The lowest BCUT2D eigenvalue weighted by atomic mass is 10.1. The minimum atomic E-state index is -4.92. The molecule has 0 aromatic rings. The van der Waals surface area contributed by atoms with Crippen LogP contribution in [0.5, 0.6) is 0 Å². The van der Waals surface area contributed by atoms with Gasteiger partial charge in [-0.2, -0.15) is 0 Å². The summed E-state index contributed by atoms with van der Waals surface area (Å²) < 4.78 is 60.7. The molecule has 18 heteroatoms. The lowest BCUT2D eigenvalue weighted by Crippen LogP contribution is -2.30. The van der Waals surface area contributed by atoms with Gasteiger partial charge in [-0.25, -0.2) is 9.13 Å². The van der Waals surface area contributed by atoms with E-state index >= 15 is 0 Å². The maximum absolute atomic E-state index is 12.9. The van der Waals surface area contributed by atoms with E-state index in [0.29, 0.717) is 19.3 Å². The number of hydrogen-bond acceptors (Lipinski definition) is 14. The number of phosphoric ester groups is 2. The summed E-state index contributed by atoms with van der Waals surface area (Å²) in [5.41, 5.74) is 0. The number of carbonyl (C=O) groups excluding carboxylic acids is 3. The standard InChI is InChI=1S/C67H116O16P2/c1-4-7-10-13-16-19-22-24-26-28-30-32-34-36-39-41-44-47-50-53-65(70)77-56-62(68)57-79-84(73,74)80-58-63(69)59-81-85(75,76)82-61-64(83-67(72)55-52-49-46-43-38-21-18-15-12-9-6-3)60-78-66(71)54-51-48-45-42-40-37-35-33-31-29-27-25-23-20-17-14-11-8-5-2/h7-8,10-11,16-17,19-20,24-27,30-33,62-64,68-69H,4-6,9,12-15,18,21-23,28-29,34-61H2,1-3H3,(H,73,74)(H,75,76)/b10-7-,11-8-,19-16-,20-17-,26-24-,27-25-,32-30-,33-31-. The molecule has 0 heterocycles. The second kappa shape index (κ2) is 60.7. The van der Waals surface area contributed by atoms with Crippen LogP contribution in [-0.2, 0) is 55.8 Å². The van der Waals surface area contributed by atoms with Crippen LogP contribution < -0.4 is 0 Å². The number of aliphatic hydroxyl groups excluding tert-OH is 2. The van der Waals surface area contributed by atoms with Gasteiger partial charge in [-0.05, 0) is 96.3 Å². The van der Waals surface area contributed by atoms with Crippen LogP contribution >= 0.6 is 15.6 Å². The third-order valence-corrected chi connectivity index (χ3v) is 15.2. The Morgan fingerprint density at radius 3 is 0.988 bits per heavy atom. The molecule has 85 heavy (non-hydrogen) atoms. The van der Waals surface area contributed by atoms with Crippen LogP contribution in [0.3, 0.4) is 0 Å². The zero-order valence-corrected chi connectivity index (χ0v) is 54.5. The lowest BCUT2D eigenvalue weighted by molar-refractivity contribution is -0.161. The van der Waals surface area contributed by atoms with Crippen molar-refractivity contribution in [2.45, 2.75) is 270 Å². The van der Waals surface area contributed by atoms with Crippen LogP contribution in [-0.4, -0.2) is 95.9 Å². The maximum Gasteiger partial charge on any atom is 0.472 e. The molecule has 0 bridgehead atoms. The van der Waals surface area contributed by atoms with Gasteiger partial charge >= 0.3 is 33.6 Å². The Kier molecular flexibility index (Phi) is 58.2. The Balaban J connectivity index is 4.63. The zero-order chi connectivity index (χ0) is 62.4. The van der Waals surface area contributed by atoms with Crippen molar-refractivity contribution in [3.05, 3.63) is 97.2 Å². The number of ether oxygens (including phenoxy) is 3. The summed E-state index contributed by atoms with van der Waals surface area (Å²) in [6.45, 7) is 2.39. The van der Waals surface area contributed by atoms with Gasteiger partial charge in [0.1, 0.15) is 25.4 Å². The Hall–Kier alpha value is -3.53. The molecule has 0 rings (SSSR count). The highest BCUT2D eigenvalue weighted by molar-refractivity contribution is 7.47. The highest BCUT2D eigenvalue weighted by atomic mass is 31.2. The van der Waals surface area contributed by atoms with Crippen LogP contribution in [0.15, 0.2) is 97.2 Å². The average molecular weight is 1240 g/mol. The van der Waals surface area contributed by atoms with E-state index in [2.05, 4.69) is 118 Å². The van der Waals surface area contributed by atoms with Gasteiger partial charge < -0.3 is 34.2 Å². The Morgan fingerprint density at radius 2 is 0.624 bits per heavy atom. The van der Waals surface area contributed by atoms with E-state index in [1.54, 1.807) is 0 Å². The number of phosphoric acid groups is 2. The van der Waals surface area contributed by atoms with Crippen molar-refractivity contribution in [3.63, 3.8) is 0 Å². The number of hydrogen-bond donors (Lipinski definition) is 4. The van der Waals surface area contributed by atoms with Crippen LogP contribution in [0.4, 0.5) is 0 Å². The van der Waals surface area contributed by atoms with Crippen molar-refractivity contribution in [1.82, 2.24) is 0 Å².